The Kier molecular flexibility index (Phi) is 5.09. The third-order valence-corrected chi connectivity index (χ3v) is 4.33. The lowest BCUT2D eigenvalue weighted by molar-refractivity contribution is -0.177. The zero-order valence-corrected chi connectivity index (χ0v) is 11.5. The van der Waals surface area contributed by atoms with Gasteiger partial charge in [-0.1, -0.05) is 6.92 Å². The summed E-state index contributed by atoms with van der Waals surface area (Å²) >= 11 is 0. The van der Waals surface area contributed by atoms with Crippen molar-refractivity contribution in [3.63, 3.8) is 0 Å². The first-order valence-electron chi connectivity index (χ1n) is 7.24. The lowest BCUT2D eigenvalue weighted by Crippen LogP contribution is -2.50. The maximum absolute atomic E-state index is 12.9. The Balaban J connectivity index is 1.97. The topological polar surface area (TPSA) is 18.5 Å². The Hall–Kier alpha value is -0.330. The Morgan fingerprint density at radius 1 is 1.21 bits per heavy atom. The highest BCUT2D eigenvalue weighted by Gasteiger charge is 2.42. The van der Waals surface area contributed by atoms with Crippen LogP contribution in [-0.4, -0.2) is 67.8 Å². The second kappa shape index (κ2) is 6.41. The summed E-state index contributed by atoms with van der Waals surface area (Å²) in [5.74, 6) is -1.23. The van der Waals surface area contributed by atoms with Crippen LogP contribution in [0.15, 0.2) is 0 Å². The fraction of sp³-hybridized carbons (Fsp3) is 1.00. The van der Waals surface area contributed by atoms with Crippen LogP contribution in [0.4, 0.5) is 13.2 Å². The summed E-state index contributed by atoms with van der Waals surface area (Å²) < 4.78 is 38.8. The van der Waals surface area contributed by atoms with Crippen LogP contribution in [0.5, 0.6) is 0 Å². The minimum Gasteiger partial charge on any atom is -0.315 e. The number of hydrogen-bond donors (Lipinski definition) is 1. The smallest absolute Gasteiger partial charge is 0.315 e. The second-order valence-electron chi connectivity index (χ2n) is 5.63. The van der Waals surface area contributed by atoms with Crippen molar-refractivity contribution in [2.75, 3.05) is 45.8 Å². The average Bonchev–Trinajstić information content (AvgIpc) is 2.64. The van der Waals surface area contributed by atoms with Crippen LogP contribution >= 0.6 is 0 Å². The molecule has 0 aromatic carbocycles. The molecule has 0 radical (unpaired) electrons. The van der Waals surface area contributed by atoms with Gasteiger partial charge in [0.1, 0.15) is 0 Å². The van der Waals surface area contributed by atoms with Gasteiger partial charge >= 0.3 is 6.18 Å². The van der Waals surface area contributed by atoms with Crippen molar-refractivity contribution in [3.05, 3.63) is 0 Å². The Bertz CT molecular complexity index is 283. The van der Waals surface area contributed by atoms with Crippen LogP contribution in [0, 0.1) is 5.92 Å². The highest BCUT2D eigenvalue weighted by Crippen LogP contribution is 2.29. The predicted molar refractivity (Wildman–Crippen MR) is 69.1 cm³/mol. The zero-order valence-electron chi connectivity index (χ0n) is 11.5. The van der Waals surface area contributed by atoms with E-state index in [0.29, 0.717) is 12.6 Å². The molecule has 0 aliphatic carbocycles. The summed E-state index contributed by atoms with van der Waals surface area (Å²) in [4.78, 5) is 4.40. The normalized spacial score (nSPS) is 32.2. The fourth-order valence-electron chi connectivity index (χ4n) is 3.11. The SMILES string of the molecule is CCN1CCCC(N2CCNCC(C(F)(F)F)C2)C1. The van der Waals surface area contributed by atoms with Gasteiger partial charge in [0.15, 0.2) is 0 Å². The first kappa shape index (κ1) is 15.1. The van der Waals surface area contributed by atoms with E-state index in [1.165, 1.54) is 0 Å². The van der Waals surface area contributed by atoms with Crippen LogP contribution in [0.1, 0.15) is 19.8 Å². The third kappa shape index (κ3) is 4.07. The van der Waals surface area contributed by atoms with E-state index in [1.54, 1.807) is 0 Å². The summed E-state index contributed by atoms with van der Waals surface area (Å²) in [6, 6.07) is 0.290. The highest BCUT2D eigenvalue weighted by atomic mass is 19.4. The predicted octanol–water partition coefficient (Wildman–Crippen LogP) is 1.55. The molecule has 6 heteroatoms. The van der Waals surface area contributed by atoms with E-state index in [4.69, 9.17) is 0 Å². The number of rotatable bonds is 2. The summed E-state index contributed by atoms with van der Waals surface area (Å²) in [7, 11) is 0. The van der Waals surface area contributed by atoms with Gasteiger partial charge < -0.3 is 10.2 Å². The summed E-state index contributed by atoms with van der Waals surface area (Å²) in [5, 5.41) is 2.92. The first-order valence-corrected chi connectivity index (χ1v) is 7.24. The Morgan fingerprint density at radius 2 is 2.00 bits per heavy atom. The van der Waals surface area contributed by atoms with Crippen molar-refractivity contribution in [2.45, 2.75) is 32.0 Å². The molecular weight excluding hydrogens is 255 g/mol. The molecule has 2 heterocycles. The van der Waals surface area contributed by atoms with Crippen molar-refractivity contribution in [2.24, 2.45) is 5.92 Å². The van der Waals surface area contributed by atoms with Crippen molar-refractivity contribution in [3.8, 4) is 0 Å². The van der Waals surface area contributed by atoms with Gasteiger partial charge in [-0.2, -0.15) is 13.2 Å². The highest BCUT2D eigenvalue weighted by molar-refractivity contribution is 4.86. The minimum absolute atomic E-state index is 0.0597. The molecule has 0 aromatic heterocycles. The number of likely N-dealkylation sites (N-methyl/N-ethyl adjacent to an activating group) is 1. The van der Waals surface area contributed by atoms with Gasteiger partial charge in [-0.3, -0.25) is 4.90 Å². The van der Waals surface area contributed by atoms with E-state index >= 15 is 0 Å². The van der Waals surface area contributed by atoms with Gasteiger partial charge in [0, 0.05) is 38.8 Å². The van der Waals surface area contributed by atoms with Gasteiger partial charge in [-0.15, -0.1) is 0 Å². The molecule has 0 saturated carbocycles. The van der Waals surface area contributed by atoms with Crippen LogP contribution < -0.4 is 5.32 Å². The molecule has 1 N–H and O–H groups in total. The van der Waals surface area contributed by atoms with Crippen molar-refractivity contribution >= 4 is 0 Å². The van der Waals surface area contributed by atoms with Crippen molar-refractivity contribution in [1.82, 2.24) is 15.1 Å². The quantitative estimate of drug-likeness (QED) is 0.827. The van der Waals surface area contributed by atoms with E-state index in [2.05, 4.69) is 22.0 Å². The summed E-state index contributed by atoms with van der Waals surface area (Å²) in [5.41, 5.74) is 0. The Morgan fingerprint density at radius 3 is 2.68 bits per heavy atom. The van der Waals surface area contributed by atoms with Gasteiger partial charge in [-0.25, -0.2) is 0 Å². The number of alkyl halides is 3. The molecule has 2 saturated heterocycles. The molecular formula is C13H24F3N3. The Labute approximate surface area is 113 Å². The van der Waals surface area contributed by atoms with Crippen molar-refractivity contribution in [1.29, 1.82) is 0 Å². The van der Waals surface area contributed by atoms with Crippen LogP contribution in [0.2, 0.25) is 0 Å². The lowest BCUT2D eigenvalue weighted by atomic mass is 10.0. The van der Waals surface area contributed by atoms with Crippen LogP contribution in [0.3, 0.4) is 0 Å². The molecule has 0 aromatic rings. The van der Waals surface area contributed by atoms with E-state index < -0.39 is 12.1 Å². The average molecular weight is 279 g/mol. The fourth-order valence-corrected chi connectivity index (χ4v) is 3.11. The number of halogens is 3. The molecule has 3 nitrogen and oxygen atoms in total. The molecule has 2 aliphatic rings. The largest absolute Gasteiger partial charge is 0.394 e. The van der Waals surface area contributed by atoms with Gasteiger partial charge in [0.2, 0.25) is 0 Å². The van der Waals surface area contributed by atoms with E-state index in [9.17, 15) is 13.2 Å². The molecule has 0 spiro atoms. The molecule has 0 bridgehead atoms. The first-order chi connectivity index (χ1) is 9.00. The number of piperidine rings is 1. The molecule has 2 atom stereocenters. The minimum atomic E-state index is -4.09. The zero-order chi connectivity index (χ0) is 13.9. The molecule has 112 valence electrons. The molecule has 2 rings (SSSR count). The standard InChI is InChI=1S/C13H24F3N3/c1-2-18-6-3-4-12(10-18)19-7-5-17-8-11(9-19)13(14,15)16/h11-12,17H,2-10H2,1H3. The number of nitrogens with one attached hydrogen (secondary N) is 1. The molecule has 19 heavy (non-hydrogen) atoms. The second-order valence-corrected chi connectivity index (χ2v) is 5.63. The number of likely N-dealkylation sites (tertiary alicyclic amines) is 1. The maximum Gasteiger partial charge on any atom is 0.394 e. The molecule has 0 amide bonds. The van der Waals surface area contributed by atoms with Gasteiger partial charge in [0.05, 0.1) is 5.92 Å². The van der Waals surface area contributed by atoms with E-state index in [1.807, 2.05) is 0 Å². The third-order valence-electron chi connectivity index (χ3n) is 4.33. The monoisotopic (exact) mass is 279 g/mol. The summed E-state index contributed by atoms with van der Waals surface area (Å²) in [6.07, 6.45) is -1.96. The van der Waals surface area contributed by atoms with E-state index in [0.717, 1.165) is 39.0 Å². The molecule has 2 aliphatic heterocycles. The number of hydrogen-bond acceptors (Lipinski definition) is 3. The number of nitrogens with zero attached hydrogens (tertiary/aromatic N) is 2. The summed E-state index contributed by atoms with van der Waals surface area (Å²) in [6.45, 7) is 6.71. The van der Waals surface area contributed by atoms with Gasteiger partial charge in [0.25, 0.3) is 0 Å². The van der Waals surface area contributed by atoms with Crippen LogP contribution in [0.25, 0.3) is 0 Å². The molecule has 2 unspecified atom stereocenters. The van der Waals surface area contributed by atoms with Gasteiger partial charge in [-0.05, 0) is 25.9 Å². The van der Waals surface area contributed by atoms with E-state index in [-0.39, 0.29) is 13.1 Å². The van der Waals surface area contributed by atoms with Crippen molar-refractivity contribution < 1.29 is 13.2 Å². The van der Waals surface area contributed by atoms with Crippen LogP contribution in [-0.2, 0) is 0 Å². The maximum atomic E-state index is 12.9. The lowest BCUT2D eigenvalue weighted by Gasteiger charge is -2.39. The molecule has 2 fully saturated rings.